The van der Waals surface area contributed by atoms with Crippen LogP contribution in [0.15, 0.2) is 48.9 Å². The number of rotatable bonds is 5. The van der Waals surface area contributed by atoms with Crippen molar-refractivity contribution in [3.63, 3.8) is 0 Å². The van der Waals surface area contributed by atoms with Crippen molar-refractivity contribution in [3.05, 3.63) is 60.3 Å². The average Bonchev–Trinajstić information content (AvgIpc) is 2.91. The Morgan fingerprint density at radius 1 is 1.14 bits per heavy atom. The van der Waals surface area contributed by atoms with E-state index in [1.807, 2.05) is 31.7 Å². The largest absolute Gasteiger partial charge is 0.338 e. The molecule has 0 bridgehead atoms. The number of aryl methyl sites for hydroxylation is 1. The van der Waals surface area contributed by atoms with Crippen LogP contribution in [0, 0.1) is 0 Å². The van der Waals surface area contributed by atoms with Crippen molar-refractivity contribution >= 4 is 10.9 Å². The normalized spacial score (nSPS) is 12.7. The SMILES string of the molecule is CCNC(Cc1nccn1C)c1cccc2cccnc12. The lowest BCUT2D eigenvalue weighted by Crippen LogP contribution is -2.24. The van der Waals surface area contributed by atoms with Gasteiger partial charge in [-0.05, 0) is 18.2 Å². The predicted molar refractivity (Wildman–Crippen MR) is 85.1 cm³/mol. The molecule has 0 aliphatic rings. The Balaban J connectivity index is 2.01. The molecule has 0 saturated heterocycles. The maximum Gasteiger partial charge on any atom is 0.110 e. The Hall–Kier alpha value is -2.20. The smallest absolute Gasteiger partial charge is 0.110 e. The highest BCUT2D eigenvalue weighted by Gasteiger charge is 2.16. The Morgan fingerprint density at radius 3 is 2.76 bits per heavy atom. The van der Waals surface area contributed by atoms with E-state index in [1.54, 1.807) is 0 Å². The summed E-state index contributed by atoms with van der Waals surface area (Å²) in [6, 6.07) is 10.7. The molecule has 21 heavy (non-hydrogen) atoms. The zero-order valence-electron chi connectivity index (χ0n) is 12.5. The zero-order chi connectivity index (χ0) is 14.7. The summed E-state index contributed by atoms with van der Waals surface area (Å²) in [7, 11) is 2.03. The molecule has 0 radical (unpaired) electrons. The van der Waals surface area contributed by atoms with Crippen LogP contribution < -0.4 is 5.32 Å². The molecule has 3 rings (SSSR count). The molecular formula is C17H20N4. The highest BCUT2D eigenvalue weighted by molar-refractivity contribution is 5.82. The average molecular weight is 280 g/mol. The van der Waals surface area contributed by atoms with Crippen LogP contribution in [0.25, 0.3) is 10.9 Å². The summed E-state index contributed by atoms with van der Waals surface area (Å²) in [5.41, 5.74) is 2.30. The molecule has 108 valence electrons. The minimum atomic E-state index is 0.217. The van der Waals surface area contributed by atoms with Gasteiger partial charge in [0, 0.05) is 43.5 Å². The van der Waals surface area contributed by atoms with Crippen LogP contribution in [0.2, 0.25) is 0 Å². The molecule has 4 nitrogen and oxygen atoms in total. The molecule has 2 heterocycles. The van der Waals surface area contributed by atoms with E-state index < -0.39 is 0 Å². The summed E-state index contributed by atoms with van der Waals surface area (Å²) in [6.07, 6.45) is 6.54. The number of aromatic nitrogens is 3. The molecule has 3 aromatic rings. The number of para-hydroxylation sites is 1. The molecule has 1 aromatic carbocycles. The lowest BCUT2D eigenvalue weighted by atomic mass is 9.99. The molecule has 0 aliphatic heterocycles. The summed E-state index contributed by atoms with van der Waals surface area (Å²) < 4.78 is 2.07. The fourth-order valence-corrected chi connectivity index (χ4v) is 2.72. The maximum absolute atomic E-state index is 4.57. The highest BCUT2D eigenvalue weighted by Crippen LogP contribution is 2.24. The maximum atomic E-state index is 4.57. The summed E-state index contributed by atoms with van der Waals surface area (Å²) in [5, 5.41) is 4.74. The van der Waals surface area contributed by atoms with Gasteiger partial charge in [0.2, 0.25) is 0 Å². The first-order valence-electron chi connectivity index (χ1n) is 7.33. The standard InChI is InChI=1S/C17H20N4/c1-3-18-15(12-16-19-10-11-21(16)2)14-8-4-6-13-7-5-9-20-17(13)14/h4-11,15,18H,3,12H2,1-2H3. The van der Waals surface area contributed by atoms with E-state index in [1.165, 1.54) is 10.9 Å². The third-order valence-electron chi connectivity index (χ3n) is 3.80. The van der Waals surface area contributed by atoms with Crippen LogP contribution in [0.4, 0.5) is 0 Å². The van der Waals surface area contributed by atoms with E-state index in [2.05, 4.69) is 51.0 Å². The summed E-state index contributed by atoms with van der Waals surface area (Å²) in [5.74, 6) is 1.08. The monoisotopic (exact) mass is 280 g/mol. The zero-order valence-corrected chi connectivity index (χ0v) is 12.5. The minimum absolute atomic E-state index is 0.217. The molecule has 0 saturated carbocycles. The van der Waals surface area contributed by atoms with E-state index in [0.29, 0.717) is 0 Å². The molecule has 0 spiro atoms. The van der Waals surface area contributed by atoms with Gasteiger partial charge in [-0.3, -0.25) is 4.98 Å². The number of imidazole rings is 1. The second-order valence-corrected chi connectivity index (χ2v) is 5.19. The number of fused-ring (bicyclic) bond motifs is 1. The van der Waals surface area contributed by atoms with E-state index in [4.69, 9.17) is 0 Å². The van der Waals surface area contributed by atoms with Gasteiger partial charge in [0.15, 0.2) is 0 Å². The molecule has 2 aromatic heterocycles. The first kappa shape index (κ1) is 13.8. The summed E-state index contributed by atoms with van der Waals surface area (Å²) >= 11 is 0. The topological polar surface area (TPSA) is 42.7 Å². The second-order valence-electron chi connectivity index (χ2n) is 5.19. The number of hydrogen-bond acceptors (Lipinski definition) is 3. The first-order valence-corrected chi connectivity index (χ1v) is 7.33. The summed E-state index contributed by atoms with van der Waals surface area (Å²) in [4.78, 5) is 9.01. The molecule has 0 fully saturated rings. The minimum Gasteiger partial charge on any atom is -0.338 e. The molecule has 1 N–H and O–H groups in total. The van der Waals surface area contributed by atoms with Gasteiger partial charge in [-0.2, -0.15) is 0 Å². The Morgan fingerprint density at radius 2 is 2.00 bits per heavy atom. The Bertz CT molecular complexity index is 727. The number of nitrogens with one attached hydrogen (secondary N) is 1. The van der Waals surface area contributed by atoms with Crippen molar-refractivity contribution in [1.82, 2.24) is 19.9 Å². The van der Waals surface area contributed by atoms with Gasteiger partial charge in [0.1, 0.15) is 5.82 Å². The van der Waals surface area contributed by atoms with E-state index in [9.17, 15) is 0 Å². The van der Waals surface area contributed by atoms with Crippen molar-refractivity contribution in [2.75, 3.05) is 6.54 Å². The van der Waals surface area contributed by atoms with Crippen molar-refractivity contribution in [2.24, 2.45) is 7.05 Å². The van der Waals surface area contributed by atoms with Gasteiger partial charge in [0.25, 0.3) is 0 Å². The molecule has 1 unspecified atom stereocenters. The van der Waals surface area contributed by atoms with Gasteiger partial charge in [-0.25, -0.2) is 4.98 Å². The van der Waals surface area contributed by atoms with E-state index in [-0.39, 0.29) is 6.04 Å². The van der Waals surface area contributed by atoms with Gasteiger partial charge >= 0.3 is 0 Å². The van der Waals surface area contributed by atoms with Crippen LogP contribution in [0.5, 0.6) is 0 Å². The number of pyridine rings is 1. The van der Waals surface area contributed by atoms with Gasteiger partial charge < -0.3 is 9.88 Å². The summed E-state index contributed by atoms with van der Waals surface area (Å²) in [6.45, 7) is 3.04. The predicted octanol–water partition coefficient (Wildman–Crippen LogP) is 2.86. The lowest BCUT2D eigenvalue weighted by Gasteiger charge is -2.19. The number of benzene rings is 1. The second kappa shape index (κ2) is 6.06. The van der Waals surface area contributed by atoms with Crippen LogP contribution in [-0.4, -0.2) is 21.1 Å². The van der Waals surface area contributed by atoms with Crippen LogP contribution in [-0.2, 0) is 13.5 Å². The molecule has 0 amide bonds. The van der Waals surface area contributed by atoms with Crippen LogP contribution in [0.1, 0.15) is 24.4 Å². The van der Waals surface area contributed by atoms with Crippen molar-refractivity contribution in [3.8, 4) is 0 Å². The number of nitrogens with zero attached hydrogens (tertiary/aromatic N) is 3. The van der Waals surface area contributed by atoms with Gasteiger partial charge in [-0.15, -0.1) is 0 Å². The van der Waals surface area contributed by atoms with Gasteiger partial charge in [0.05, 0.1) is 5.52 Å². The molecule has 4 heteroatoms. The van der Waals surface area contributed by atoms with Crippen molar-refractivity contribution < 1.29 is 0 Å². The Labute approximate surface area is 124 Å². The molecule has 0 aliphatic carbocycles. The van der Waals surface area contributed by atoms with Crippen LogP contribution in [0.3, 0.4) is 0 Å². The van der Waals surface area contributed by atoms with Crippen molar-refractivity contribution in [2.45, 2.75) is 19.4 Å². The molecular weight excluding hydrogens is 260 g/mol. The van der Waals surface area contributed by atoms with Crippen LogP contribution >= 0.6 is 0 Å². The fraction of sp³-hybridized carbons (Fsp3) is 0.294. The Kier molecular flexibility index (Phi) is 3.97. The third kappa shape index (κ3) is 2.81. The van der Waals surface area contributed by atoms with E-state index in [0.717, 1.165) is 24.3 Å². The van der Waals surface area contributed by atoms with Gasteiger partial charge in [-0.1, -0.05) is 31.2 Å². The highest BCUT2D eigenvalue weighted by atomic mass is 15.0. The molecule has 1 atom stereocenters. The first-order chi connectivity index (χ1) is 10.3. The quantitative estimate of drug-likeness (QED) is 0.781. The number of likely N-dealkylation sites (N-methyl/N-ethyl adjacent to an activating group) is 1. The van der Waals surface area contributed by atoms with E-state index >= 15 is 0 Å². The third-order valence-corrected chi connectivity index (χ3v) is 3.80. The fourth-order valence-electron chi connectivity index (χ4n) is 2.72. The number of hydrogen-bond donors (Lipinski definition) is 1. The van der Waals surface area contributed by atoms with Crippen molar-refractivity contribution in [1.29, 1.82) is 0 Å². The lowest BCUT2D eigenvalue weighted by molar-refractivity contribution is 0.531.